The molecule has 1 aliphatic heterocycles. The van der Waals surface area contributed by atoms with Crippen molar-refractivity contribution in [3.8, 4) is 5.75 Å². The van der Waals surface area contributed by atoms with Crippen molar-refractivity contribution in [2.24, 2.45) is 14.1 Å². The standard InChI is InChI=1S/C17H15F3N4O5/c1-23-12-11(13(26)24(2)15(23)28)16(14(27)21-12,17(18,19)20)22-10(25)8-29-9-6-4-3-5-7-9/h3-7H,8H2,1-2H3,(H,21,27)(H,22,25). The summed E-state index contributed by atoms with van der Waals surface area (Å²) in [6.45, 7) is -0.837. The molecule has 2 heterocycles. The van der Waals surface area contributed by atoms with E-state index in [1.54, 1.807) is 23.5 Å². The average molecular weight is 412 g/mol. The largest absolute Gasteiger partial charge is 0.484 e. The number of rotatable bonds is 4. The second kappa shape index (κ2) is 6.79. The van der Waals surface area contributed by atoms with Crippen molar-refractivity contribution in [2.75, 3.05) is 11.9 Å². The van der Waals surface area contributed by atoms with E-state index < -0.39 is 52.8 Å². The fourth-order valence-electron chi connectivity index (χ4n) is 3.01. The molecule has 29 heavy (non-hydrogen) atoms. The number of ether oxygens (including phenoxy) is 1. The van der Waals surface area contributed by atoms with Gasteiger partial charge >= 0.3 is 11.9 Å². The summed E-state index contributed by atoms with van der Waals surface area (Å²) in [7, 11) is 2.06. The number of aromatic nitrogens is 2. The summed E-state index contributed by atoms with van der Waals surface area (Å²) in [4.78, 5) is 49.1. The third-order valence-electron chi connectivity index (χ3n) is 4.48. The van der Waals surface area contributed by atoms with Crippen LogP contribution in [0.3, 0.4) is 0 Å². The first-order valence-corrected chi connectivity index (χ1v) is 8.18. The zero-order valence-electron chi connectivity index (χ0n) is 15.2. The van der Waals surface area contributed by atoms with Gasteiger partial charge in [0.15, 0.2) is 6.61 Å². The second-order valence-electron chi connectivity index (χ2n) is 6.28. The second-order valence-corrected chi connectivity index (χ2v) is 6.28. The van der Waals surface area contributed by atoms with Gasteiger partial charge in [-0.2, -0.15) is 13.2 Å². The van der Waals surface area contributed by atoms with E-state index in [1.807, 2.05) is 5.32 Å². The highest BCUT2D eigenvalue weighted by atomic mass is 19.4. The quantitative estimate of drug-likeness (QED) is 0.734. The van der Waals surface area contributed by atoms with Crippen LogP contribution in [0.2, 0.25) is 0 Å². The lowest BCUT2D eigenvalue weighted by Gasteiger charge is -2.30. The summed E-state index contributed by atoms with van der Waals surface area (Å²) >= 11 is 0. The van der Waals surface area contributed by atoms with Crippen molar-refractivity contribution in [1.82, 2.24) is 14.5 Å². The Hall–Kier alpha value is -3.57. The summed E-state index contributed by atoms with van der Waals surface area (Å²) in [6, 6.07) is 7.82. The van der Waals surface area contributed by atoms with E-state index in [9.17, 15) is 32.3 Å². The first-order chi connectivity index (χ1) is 13.5. The molecule has 2 N–H and O–H groups in total. The minimum atomic E-state index is -5.38. The summed E-state index contributed by atoms with van der Waals surface area (Å²) in [5.41, 5.74) is -7.05. The summed E-state index contributed by atoms with van der Waals surface area (Å²) in [5.74, 6) is -3.40. The maximum Gasteiger partial charge on any atom is 0.425 e. The van der Waals surface area contributed by atoms with Crippen molar-refractivity contribution in [1.29, 1.82) is 0 Å². The predicted molar refractivity (Wildman–Crippen MR) is 93.4 cm³/mol. The third-order valence-corrected chi connectivity index (χ3v) is 4.48. The minimum Gasteiger partial charge on any atom is -0.484 e. The number of benzene rings is 1. The highest BCUT2D eigenvalue weighted by Gasteiger charge is 2.68. The van der Waals surface area contributed by atoms with Crippen molar-refractivity contribution in [3.63, 3.8) is 0 Å². The lowest BCUT2D eigenvalue weighted by atomic mass is 9.92. The number of halogens is 3. The number of anilines is 1. The molecule has 9 nitrogen and oxygen atoms in total. The van der Waals surface area contributed by atoms with E-state index >= 15 is 0 Å². The van der Waals surface area contributed by atoms with E-state index in [2.05, 4.69) is 0 Å². The van der Waals surface area contributed by atoms with Crippen LogP contribution in [0, 0.1) is 0 Å². The molecule has 1 aromatic heterocycles. The van der Waals surface area contributed by atoms with Gasteiger partial charge in [-0.05, 0) is 12.1 Å². The molecule has 1 unspecified atom stereocenters. The first kappa shape index (κ1) is 20.2. The average Bonchev–Trinajstić information content (AvgIpc) is 2.97. The van der Waals surface area contributed by atoms with Gasteiger partial charge in [-0.15, -0.1) is 0 Å². The molecule has 0 aliphatic carbocycles. The van der Waals surface area contributed by atoms with E-state index in [0.717, 1.165) is 14.1 Å². The van der Waals surface area contributed by atoms with Gasteiger partial charge in [0.1, 0.15) is 17.1 Å². The zero-order chi connectivity index (χ0) is 21.6. The van der Waals surface area contributed by atoms with E-state index in [-0.39, 0.29) is 5.75 Å². The highest BCUT2D eigenvalue weighted by Crippen LogP contribution is 2.44. The fraction of sp³-hybridized carbons (Fsp3) is 0.294. The van der Waals surface area contributed by atoms with Gasteiger partial charge in [0.05, 0.1) is 0 Å². The maximum absolute atomic E-state index is 14.1. The molecule has 1 aromatic carbocycles. The van der Waals surface area contributed by atoms with Crippen LogP contribution in [0.5, 0.6) is 5.75 Å². The molecule has 0 saturated carbocycles. The number of hydrogen-bond donors (Lipinski definition) is 2. The smallest absolute Gasteiger partial charge is 0.425 e. The maximum atomic E-state index is 14.1. The van der Waals surface area contributed by atoms with Gasteiger partial charge in [-0.1, -0.05) is 18.2 Å². The molecule has 0 saturated heterocycles. The van der Waals surface area contributed by atoms with Crippen LogP contribution in [0.4, 0.5) is 19.0 Å². The molecule has 2 amide bonds. The molecule has 0 bridgehead atoms. The molecular formula is C17H15F3N4O5. The lowest BCUT2D eigenvalue weighted by molar-refractivity contribution is -0.201. The number of fused-ring (bicyclic) bond motifs is 1. The number of nitrogens with one attached hydrogen (secondary N) is 2. The van der Waals surface area contributed by atoms with E-state index in [4.69, 9.17) is 4.74 Å². The lowest BCUT2D eigenvalue weighted by Crippen LogP contribution is -2.63. The Kier molecular flexibility index (Phi) is 4.73. The van der Waals surface area contributed by atoms with E-state index in [0.29, 0.717) is 9.13 Å². The molecule has 12 heteroatoms. The third kappa shape index (κ3) is 3.05. The van der Waals surface area contributed by atoms with Gasteiger partial charge in [-0.25, -0.2) is 4.79 Å². The van der Waals surface area contributed by atoms with Gasteiger partial charge < -0.3 is 15.4 Å². The van der Waals surface area contributed by atoms with Crippen LogP contribution in [0.1, 0.15) is 5.56 Å². The molecule has 1 aliphatic rings. The SMILES string of the molecule is Cn1c2c(c(=O)n(C)c1=O)C(NC(=O)COc1ccccc1)(C(F)(F)F)C(=O)N2. The molecule has 3 rings (SSSR count). The first-order valence-electron chi connectivity index (χ1n) is 8.18. The van der Waals surface area contributed by atoms with Gasteiger partial charge in [0, 0.05) is 14.1 Å². The molecule has 0 radical (unpaired) electrons. The van der Waals surface area contributed by atoms with Gasteiger partial charge in [0.2, 0.25) is 5.54 Å². The number of amides is 2. The topological polar surface area (TPSA) is 111 Å². The molecule has 154 valence electrons. The van der Waals surface area contributed by atoms with Gasteiger partial charge in [-0.3, -0.25) is 23.5 Å². The Labute approximate surface area is 160 Å². The van der Waals surface area contributed by atoms with Gasteiger partial charge in [0.25, 0.3) is 17.4 Å². The Bertz CT molecular complexity index is 1110. The predicted octanol–water partition coefficient (Wildman–Crippen LogP) is -0.0111. The van der Waals surface area contributed by atoms with E-state index in [1.165, 1.54) is 12.1 Å². The fourth-order valence-corrected chi connectivity index (χ4v) is 3.01. The van der Waals surface area contributed by atoms with Crippen molar-refractivity contribution < 1.29 is 27.5 Å². The highest BCUT2D eigenvalue weighted by molar-refractivity contribution is 6.07. The van der Waals surface area contributed by atoms with Crippen LogP contribution >= 0.6 is 0 Å². The normalized spacial score (nSPS) is 18.2. The Balaban J connectivity index is 2.06. The van der Waals surface area contributed by atoms with Crippen LogP contribution < -0.4 is 26.6 Å². The minimum absolute atomic E-state index is 0.221. The Morgan fingerprint density at radius 3 is 2.34 bits per heavy atom. The summed E-state index contributed by atoms with van der Waals surface area (Å²) < 4.78 is 48.4. The molecular weight excluding hydrogens is 397 g/mol. The summed E-state index contributed by atoms with van der Waals surface area (Å²) in [5, 5.41) is 3.48. The van der Waals surface area contributed by atoms with Crippen LogP contribution in [0.15, 0.2) is 39.9 Å². The summed E-state index contributed by atoms with van der Waals surface area (Å²) in [6.07, 6.45) is -5.38. The number of para-hydroxylation sites is 1. The van der Waals surface area contributed by atoms with Crippen molar-refractivity contribution in [3.05, 3.63) is 56.7 Å². The number of nitrogens with zero attached hydrogens (tertiary/aromatic N) is 2. The van der Waals surface area contributed by atoms with Crippen LogP contribution in [0.25, 0.3) is 0 Å². The molecule has 0 fully saturated rings. The molecule has 0 spiro atoms. The Morgan fingerprint density at radius 2 is 1.76 bits per heavy atom. The van der Waals surface area contributed by atoms with Crippen LogP contribution in [-0.4, -0.2) is 33.7 Å². The van der Waals surface area contributed by atoms with Crippen molar-refractivity contribution in [2.45, 2.75) is 11.7 Å². The number of carbonyl (C=O) groups is 2. The Morgan fingerprint density at radius 1 is 1.14 bits per heavy atom. The molecule has 1 atom stereocenters. The van der Waals surface area contributed by atoms with Crippen LogP contribution in [-0.2, 0) is 29.2 Å². The van der Waals surface area contributed by atoms with Crippen molar-refractivity contribution >= 4 is 17.6 Å². The number of carbonyl (C=O) groups excluding carboxylic acids is 2. The monoisotopic (exact) mass is 412 g/mol. The zero-order valence-corrected chi connectivity index (χ0v) is 15.2. The molecule has 2 aromatic rings. The number of hydrogen-bond acceptors (Lipinski definition) is 5. The number of alkyl halides is 3.